The Morgan fingerprint density at radius 3 is 1.10 bits per heavy atom. The van der Waals surface area contributed by atoms with Crippen molar-refractivity contribution >= 4 is 21.5 Å². The van der Waals surface area contributed by atoms with Gasteiger partial charge in [-0.25, -0.2) is 0 Å². The van der Waals surface area contributed by atoms with Crippen molar-refractivity contribution < 1.29 is 0 Å². The van der Waals surface area contributed by atoms with E-state index in [0.29, 0.717) is 0 Å². The monoisotopic (exact) mass is 516 g/mol. The highest BCUT2D eigenvalue weighted by molar-refractivity contribution is 6.28. The van der Waals surface area contributed by atoms with Gasteiger partial charge in [0.1, 0.15) is 0 Å². The van der Waals surface area contributed by atoms with Crippen LogP contribution < -0.4 is 0 Å². The predicted octanol–water partition coefficient (Wildman–Crippen LogP) is 11.2. The minimum atomic E-state index is 1.02. The van der Waals surface area contributed by atoms with Gasteiger partial charge in [-0.15, -0.1) is 0 Å². The summed E-state index contributed by atoms with van der Waals surface area (Å²) < 4.78 is 0. The van der Waals surface area contributed by atoms with Gasteiger partial charge >= 0.3 is 0 Å². The number of hydrogen-bond acceptors (Lipinski definition) is 0. The van der Waals surface area contributed by atoms with Crippen molar-refractivity contribution in [2.45, 2.75) is 53.4 Å². The van der Waals surface area contributed by atoms with E-state index < -0.39 is 0 Å². The largest absolute Gasteiger partial charge is 0.0617 e. The molecule has 7 rings (SSSR count). The SMILES string of the molecule is CCc1cccc(CC)c1-c1c2c(c(-c3c(CC)cccc3CC)c3ccccc13)-c1cccc3cccc-2c13. The number of fused-ring (bicyclic) bond motifs is 4. The summed E-state index contributed by atoms with van der Waals surface area (Å²) >= 11 is 0. The number of aryl methyl sites for hydroxylation is 4. The molecule has 6 aromatic rings. The highest BCUT2D eigenvalue weighted by atomic mass is 14.3. The summed E-state index contributed by atoms with van der Waals surface area (Å²) in [6.07, 6.45) is 4.07. The van der Waals surface area contributed by atoms with E-state index in [0.717, 1.165) is 25.7 Å². The molecule has 6 aromatic carbocycles. The molecule has 40 heavy (non-hydrogen) atoms. The molecule has 0 aromatic heterocycles. The fourth-order valence-corrected chi connectivity index (χ4v) is 7.38. The van der Waals surface area contributed by atoms with E-state index in [1.807, 2.05) is 0 Å². The van der Waals surface area contributed by atoms with Crippen molar-refractivity contribution in [3.8, 4) is 44.5 Å². The zero-order valence-electron chi connectivity index (χ0n) is 24.1. The molecule has 0 bridgehead atoms. The third-order valence-electron chi connectivity index (χ3n) is 9.16. The van der Waals surface area contributed by atoms with E-state index >= 15 is 0 Å². The zero-order chi connectivity index (χ0) is 27.4. The highest BCUT2D eigenvalue weighted by Gasteiger charge is 2.32. The minimum absolute atomic E-state index is 1.02. The maximum atomic E-state index is 2.38. The van der Waals surface area contributed by atoms with Gasteiger partial charge in [0.2, 0.25) is 0 Å². The molecule has 0 amide bonds. The first-order valence-electron chi connectivity index (χ1n) is 15.0. The van der Waals surface area contributed by atoms with Crippen molar-refractivity contribution in [2.24, 2.45) is 0 Å². The normalized spacial score (nSPS) is 11.9. The van der Waals surface area contributed by atoms with Crippen LogP contribution in [0.2, 0.25) is 0 Å². The van der Waals surface area contributed by atoms with Crippen molar-refractivity contribution in [1.82, 2.24) is 0 Å². The first-order valence-corrected chi connectivity index (χ1v) is 15.0. The maximum Gasteiger partial charge on any atom is -0.000721 e. The molecule has 0 heteroatoms. The molecule has 0 fully saturated rings. The smallest absolute Gasteiger partial charge is 0.000721 e. The molecule has 196 valence electrons. The Labute approximate surface area is 238 Å². The summed E-state index contributed by atoms with van der Waals surface area (Å²) in [5.41, 5.74) is 17.1. The third kappa shape index (κ3) is 3.45. The van der Waals surface area contributed by atoms with E-state index in [2.05, 4.69) is 125 Å². The number of rotatable bonds is 6. The molecule has 1 aliphatic rings. The molecule has 0 atom stereocenters. The summed E-state index contributed by atoms with van der Waals surface area (Å²) in [6.45, 7) is 9.20. The van der Waals surface area contributed by atoms with Gasteiger partial charge in [-0.05, 0) is 114 Å². The summed E-state index contributed by atoms with van der Waals surface area (Å²) in [5, 5.41) is 5.46. The molecule has 0 aliphatic heterocycles. The van der Waals surface area contributed by atoms with Crippen LogP contribution in [0, 0.1) is 0 Å². The summed E-state index contributed by atoms with van der Waals surface area (Å²) in [5.74, 6) is 0. The molecule has 0 N–H and O–H groups in total. The van der Waals surface area contributed by atoms with Crippen LogP contribution in [-0.4, -0.2) is 0 Å². The Hall–Kier alpha value is -4.16. The lowest BCUT2D eigenvalue weighted by atomic mass is 9.78. The second-order valence-corrected chi connectivity index (χ2v) is 11.1. The molecule has 0 unspecified atom stereocenters. The van der Waals surface area contributed by atoms with Gasteiger partial charge < -0.3 is 0 Å². The van der Waals surface area contributed by atoms with Crippen LogP contribution in [0.4, 0.5) is 0 Å². The average Bonchev–Trinajstić information content (AvgIpc) is 3.34. The fraction of sp³-hybridized carbons (Fsp3) is 0.200. The summed E-state index contributed by atoms with van der Waals surface area (Å²) in [6, 6.07) is 36.9. The van der Waals surface area contributed by atoms with Gasteiger partial charge in [0.15, 0.2) is 0 Å². The Morgan fingerprint density at radius 1 is 0.350 bits per heavy atom. The molecule has 0 spiro atoms. The van der Waals surface area contributed by atoms with Crippen molar-refractivity contribution in [3.05, 3.63) is 119 Å². The molecular weight excluding hydrogens is 480 g/mol. The predicted molar refractivity (Wildman–Crippen MR) is 174 cm³/mol. The Kier molecular flexibility index (Phi) is 6.08. The lowest BCUT2D eigenvalue weighted by Crippen LogP contribution is -2.01. The number of benzene rings is 6. The van der Waals surface area contributed by atoms with Crippen LogP contribution in [0.1, 0.15) is 49.9 Å². The van der Waals surface area contributed by atoms with Crippen molar-refractivity contribution in [1.29, 1.82) is 0 Å². The van der Waals surface area contributed by atoms with E-state index in [4.69, 9.17) is 0 Å². The first kappa shape index (κ1) is 24.9. The summed E-state index contributed by atoms with van der Waals surface area (Å²) in [7, 11) is 0. The standard InChI is InChI=1S/C40H36/c1-5-25-15-11-16-26(6-2)34(25)37-30-21-9-10-22-31(30)38(35-27(7-3)17-12-18-28(35)8-4)40-33-24-14-20-29-19-13-23-32(36(29)33)39(37)40/h9-24H,5-8H2,1-4H3. The Bertz CT molecular complexity index is 1750. The molecule has 0 saturated carbocycles. The van der Waals surface area contributed by atoms with E-state index in [-0.39, 0.29) is 0 Å². The topological polar surface area (TPSA) is 0 Å². The lowest BCUT2D eigenvalue weighted by Gasteiger charge is -2.25. The molecule has 0 heterocycles. The van der Waals surface area contributed by atoms with Gasteiger partial charge in [0.05, 0.1) is 0 Å². The molecule has 1 aliphatic carbocycles. The molecule has 0 nitrogen and oxygen atoms in total. The Balaban J connectivity index is 1.79. The van der Waals surface area contributed by atoms with Crippen molar-refractivity contribution in [2.75, 3.05) is 0 Å². The van der Waals surface area contributed by atoms with E-state index in [1.165, 1.54) is 88.3 Å². The second kappa shape index (κ2) is 9.79. The van der Waals surface area contributed by atoms with Crippen LogP contribution in [-0.2, 0) is 25.7 Å². The highest BCUT2D eigenvalue weighted by Crippen LogP contribution is 2.58. The van der Waals surface area contributed by atoms with Gasteiger partial charge in [0, 0.05) is 0 Å². The van der Waals surface area contributed by atoms with Gasteiger partial charge in [0.25, 0.3) is 0 Å². The van der Waals surface area contributed by atoms with Gasteiger partial charge in [-0.1, -0.05) is 125 Å². The van der Waals surface area contributed by atoms with Gasteiger partial charge in [-0.3, -0.25) is 0 Å². The quantitative estimate of drug-likeness (QED) is 0.206. The Morgan fingerprint density at radius 2 is 0.725 bits per heavy atom. The van der Waals surface area contributed by atoms with Crippen LogP contribution in [0.15, 0.2) is 97.1 Å². The van der Waals surface area contributed by atoms with Crippen LogP contribution >= 0.6 is 0 Å². The molecular formula is C40H36. The summed E-state index contributed by atoms with van der Waals surface area (Å²) in [4.78, 5) is 0. The number of hydrogen-bond donors (Lipinski definition) is 0. The molecule has 0 radical (unpaired) electrons. The second-order valence-electron chi connectivity index (χ2n) is 11.1. The van der Waals surface area contributed by atoms with Crippen molar-refractivity contribution in [3.63, 3.8) is 0 Å². The first-order chi connectivity index (χ1) is 19.7. The average molecular weight is 517 g/mol. The fourth-order valence-electron chi connectivity index (χ4n) is 7.38. The van der Waals surface area contributed by atoms with E-state index in [1.54, 1.807) is 0 Å². The van der Waals surface area contributed by atoms with Crippen LogP contribution in [0.5, 0.6) is 0 Å². The zero-order valence-corrected chi connectivity index (χ0v) is 24.1. The molecule has 0 saturated heterocycles. The van der Waals surface area contributed by atoms with E-state index in [9.17, 15) is 0 Å². The van der Waals surface area contributed by atoms with Gasteiger partial charge in [-0.2, -0.15) is 0 Å². The van der Waals surface area contributed by atoms with Crippen LogP contribution in [0.3, 0.4) is 0 Å². The lowest BCUT2D eigenvalue weighted by molar-refractivity contribution is 1.09. The van der Waals surface area contributed by atoms with Crippen LogP contribution in [0.25, 0.3) is 66.1 Å². The third-order valence-corrected chi connectivity index (χ3v) is 9.16. The minimum Gasteiger partial charge on any atom is -0.0617 e. The maximum absolute atomic E-state index is 2.38.